The molecule has 2 N–H and O–H groups in total. The molecule has 0 fully saturated rings. The molecule has 0 spiro atoms. The molecule has 0 amide bonds. The van der Waals surface area contributed by atoms with Crippen LogP contribution in [0, 0.1) is 6.92 Å². The highest BCUT2D eigenvalue weighted by molar-refractivity contribution is 5.42. The Kier molecular flexibility index (Phi) is 6.63. The molecular formula is C22H26N4O. The average Bonchev–Trinajstić information content (AvgIpc) is 2.69. The SMILES string of the molecule is COc1ccc(CCNc2cc(C)nc(NCCc3ccccc3)n2)cc1. The van der Waals surface area contributed by atoms with Crippen LogP contribution in [0.3, 0.4) is 0 Å². The van der Waals surface area contributed by atoms with Gasteiger partial charge in [-0.05, 0) is 43.0 Å². The van der Waals surface area contributed by atoms with E-state index < -0.39 is 0 Å². The number of nitrogens with one attached hydrogen (secondary N) is 2. The number of hydrogen-bond acceptors (Lipinski definition) is 5. The van der Waals surface area contributed by atoms with Crippen molar-refractivity contribution in [1.29, 1.82) is 0 Å². The standard InChI is InChI=1S/C22H26N4O/c1-17-16-21(23-14-12-19-8-10-20(27-2)11-9-19)26-22(25-17)24-15-13-18-6-4-3-5-7-18/h3-11,16H,12-15H2,1-2H3,(H2,23,24,25,26). The first kappa shape index (κ1) is 18.7. The Bertz CT molecular complexity index is 835. The van der Waals surface area contributed by atoms with Gasteiger partial charge in [0.15, 0.2) is 0 Å². The minimum Gasteiger partial charge on any atom is -0.497 e. The number of benzene rings is 2. The minimum atomic E-state index is 0.665. The largest absolute Gasteiger partial charge is 0.497 e. The number of aryl methyl sites for hydroxylation is 1. The molecule has 5 nitrogen and oxygen atoms in total. The van der Waals surface area contributed by atoms with Crippen molar-refractivity contribution >= 4 is 11.8 Å². The molecule has 0 radical (unpaired) electrons. The molecule has 0 bridgehead atoms. The van der Waals surface area contributed by atoms with E-state index in [2.05, 4.69) is 57.0 Å². The highest BCUT2D eigenvalue weighted by Crippen LogP contribution is 2.13. The van der Waals surface area contributed by atoms with Crippen LogP contribution in [0.1, 0.15) is 16.8 Å². The van der Waals surface area contributed by atoms with Crippen molar-refractivity contribution in [2.75, 3.05) is 30.8 Å². The Hall–Kier alpha value is -3.08. The van der Waals surface area contributed by atoms with E-state index in [0.717, 1.165) is 43.2 Å². The smallest absolute Gasteiger partial charge is 0.224 e. The fraction of sp³-hybridized carbons (Fsp3) is 0.273. The summed E-state index contributed by atoms with van der Waals surface area (Å²) >= 11 is 0. The summed E-state index contributed by atoms with van der Waals surface area (Å²) in [5, 5.41) is 6.71. The molecule has 0 aliphatic heterocycles. The molecule has 2 aromatic carbocycles. The molecule has 0 saturated carbocycles. The molecular weight excluding hydrogens is 336 g/mol. The zero-order valence-electron chi connectivity index (χ0n) is 15.9. The molecule has 0 aliphatic carbocycles. The maximum atomic E-state index is 5.19. The number of ether oxygens (including phenoxy) is 1. The highest BCUT2D eigenvalue weighted by atomic mass is 16.5. The predicted octanol–water partition coefficient (Wildman–Crippen LogP) is 4.10. The van der Waals surface area contributed by atoms with Gasteiger partial charge >= 0.3 is 0 Å². The van der Waals surface area contributed by atoms with E-state index in [-0.39, 0.29) is 0 Å². The van der Waals surface area contributed by atoms with Crippen molar-refractivity contribution in [2.45, 2.75) is 19.8 Å². The van der Waals surface area contributed by atoms with Crippen molar-refractivity contribution in [3.05, 3.63) is 77.5 Å². The van der Waals surface area contributed by atoms with Crippen molar-refractivity contribution in [2.24, 2.45) is 0 Å². The van der Waals surface area contributed by atoms with Crippen LogP contribution in [0.15, 0.2) is 60.7 Å². The number of nitrogens with zero attached hydrogens (tertiary/aromatic N) is 2. The Balaban J connectivity index is 1.50. The molecule has 0 saturated heterocycles. The van der Waals surface area contributed by atoms with Crippen LogP contribution >= 0.6 is 0 Å². The van der Waals surface area contributed by atoms with Gasteiger partial charge in [-0.2, -0.15) is 4.98 Å². The average molecular weight is 362 g/mol. The zero-order valence-corrected chi connectivity index (χ0v) is 15.9. The fourth-order valence-electron chi connectivity index (χ4n) is 2.83. The highest BCUT2D eigenvalue weighted by Gasteiger charge is 2.03. The lowest BCUT2D eigenvalue weighted by molar-refractivity contribution is 0.414. The lowest BCUT2D eigenvalue weighted by Gasteiger charge is -2.10. The van der Waals surface area contributed by atoms with Gasteiger partial charge in [-0.25, -0.2) is 4.98 Å². The Morgan fingerprint density at radius 3 is 2.19 bits per heavy atom. The fourth-order valence-corrected chi connectivity index (χ4v) is 2.83. The van der Waals surface area contributed by atoms with Gasteiger partial charge in [0.2, 0.25) is 5.95 Å². The maximum absolute atomic E-state index is 5.19. The Morgan fingerprint density at radius 2 is 1.48 bits per heavy atom. The van der Waals surface area contributed by atoms with Gasteiger partial charge < -0.3 is 15.4 Å². The Labute approximate surface area is 160 Å². The number of anilines is 2. The van der Waals surface area contributed by atoms with Crippen molar-refractivity contribution in [3.63, 3.8) is 0 Å². The van der Waals surface area contributed by atoms with Gasteiger partial charge in [0.05, 0.1) is 7.11 Å². The summed E-state index contributed by atoms with van der Waals surface area (Å²) < 4.78 is 5.19. The first-order valence-corrected chi connectivity index (χ1v) is 9.23. The molecule has 0 atom stereocenters. The molecule has 0 aliphatic rings. The van der Waals surface area contributed by atoms with E-state index >= 15 is 0 Å². The van der Waals surface area contributed by atoms with Gasteiger partial charge in [0.1, 0.15) is 11.6 Å². The summed E-state index contributed by atoms with van der Waals surface area (Å²) in [6.07, 6.45) is 1.86. The molecule has 27 heavy (non-hydrogen) atoms. The molecule has 5 heteroatoms. The number of rotatable bonds is 9. The van der Waals surface area contributed by atoms with Gasteiger partial charge in [-0.15, -0.1) is 0 Å². The zero-order chi connectivity index (χ0) is 18.9. The normalized spacial score (nSPS) is 10.4. The van der Waals surface area contributed by atoms with E-state index in [1.807, 2.05) is 31.2 Å². The van der Waals surface area contributed by atoms with Crippen LogP contribution in [0.4, 0.5) is 11.8 Å². The summed E-state index contributed by atoms with van der Waals surface area (Å²) in [4.78, 5) is 9.04. The van der Waals surface area contributed by atoms with Crippen molar-refractivity contribution in [1.82, 2.24) is 9.97 Å². The summed E-state index contributed by atoms with van der Waals surface area (Å²) in [6.45, 7) is 3.60. The quantitative estimate of drug-likeness (QED) is 0.600. The van der Waals surface area contributed by atoms with E-state index in [1.54, 1.807) is 7.11 Å². The summed E-state index contributed by atoms with van der Waals surface area (Å²) in [5.74, 6) is 2.39. The number of hydrogen-bond donors (Lipinski definition) is 2. The Morgan fingerprint density at radius 1 is 0.815 bits per heavy atom. The molecule has 0 unspecified atom stereocenters. The van der Waals surface area contributed by atoms with E-state index in [0.29, 0.717) is 5.95 Å². The van der Waals surface area contributed by atoms with Gasteiger partial charge in [0.25, 0.3) is 0 Å². The van der Waals surface area contributed by atoms with E-state index in [4.69, 9.17) is 4.74 Å². The topological polar surface area (TPSA) is 59.1 Å². The summed E-state index contributed by atoms with van der Waals surface area (Å²) in [5.41, 5.74) is 3.50. The molecule has 1 aromatic heterocycles. The monoisotopic (exact) mass is 362 g/mol. The second kappa shape index (κ2) is 9.57. The molecule has 140 valence electrons. The van der Waals surface area contributed by atoms with Gasteiger partial charge in [-0.3, -0.25) is 0 Å². The lowest BCUT2D eigenvalue weighted by Crippen LogP contribution is -2.11. The van der Waals surface area contributed by atoms with Crippen LogP contribution in [-0.2, 0) is 12.8 Å². The minimum absolute atomic E-state index is 0.665. The van der Waals surface area contributed by atoms with Crippen LogP contribution in [0.25, 0.3) is 0 Å². The van der Waals surface area contributed by atoms with Crippen LogP contribution < -0.4 is 15.4 Å². The lowest BCUT2D eigenvalue weighted by atomic mass is 10.1. The van der Waals surface area contributed by atoms with Crippen LogP contribution in [0.5, 0.6) is 5.75 Å². The molecule has 3 rings (SSSR count). The van der Waals surface area contributed by atoms with Crippen molar-refractivity contribution in [3.8, 4) is 5.75 Å². The van der Waals surface area contributed by atoms with Gasteiger partial charge in [-0.1, -0.05) is 42.5 Å². The van der Waals surface area contributed by atoms with Crippen molar-refractivity contribution < 1.29 is 4.74 Å². The maximum Gasteiger partial charge on any atom is 0.224 e. The van der Waals surface area contributed by atoms with Crippen LogP contribution in [-0.4, -0.2) is 30.2 Å². The van der Waals surface area contributed by atoms with Gasteiger partial charge in [0, 0.05) is 24.8 Å². The second-order valence-corrected chi connectivity index (χ2v) is 6.41. The third kappa shape index (κ3) is 5.99. The first-order chi connectivity index (χ1) is 13.2. The third-order valence-electron chi connectivity index (χ3n) is 4.27. The number of aromatic nitrogens is 2. The predicted molar refractivity (Wildman–Crippen MR) is 111 cm³/mol. The third-order valence-corrected chi connectivity index (χ3v) is 4.27. The van der Waals surface area contributed by atoms with E-state index in [9.17, 15) is 0 Å². The summed E-state index contributed by atoms with van der Waals surface area (Å²) in [7, 11) is 1.68. The second-order valence-electron chi connectivity index (χ2n) is 6.41. The number of methoxy groups -OCH3 is 1. The first-order valence-electron chi connectivity index (χ1n) is 9.23. The summed E-state index contributed by atoms with van der Waals surface area (Å²) in [6, 6.07) is 20.5. The van der Waals surface area contributed by atoms with Crippen LogP contribution in [0.2, 0.25) is 0 Å². The molecule has 1 heterocycles. The van der Waals surface area contributed by atoms with E-state index in [1.165, 1.54) is 11.1 Å². The molecule has 3 aromatic rings.